The van der Waals surface area contributed by atoms with Gasteiger partial charge in [0.05, 0.1) is 15.1 Å². The fourth-order valence-corrected chi connectivity index (χ4v) is 2.97. The Morgan fingerprint density at radius 2 is 2.11 bits per heavy atom. The van der Waals surface area contributed by atoms with Crippen molar-refractivity contribution in [3.8, 4) is 10.7 Å². The second-order valence-corrected chi connectivity index (χ2v) is 6.60. The summed E-state index contributed by atoms with van der Waals surface area (Å²) in [6.07, 6.45) is 0. The third kappa shape index (κ3) is 2.69. The molecule has 2 heterocycles. The first kappa shape index (κ1) is 14.1. The number of rotatable bonds is 3. The van der Waals surface area contributed by atoms with Crippen molar-refractivity contribution in [1.29, 1.82) is 0 Å². The fourth-order valence-electron chi connectivity index (χ4n) is 1.81. The van der Waals surface area contributed by atoms with Crippen LogP contribution in [0.2, 0.25) is 0 Å². The van der Waals surface area contributed by atoms with E-state index in [4.69, 9.17) is 0 Å². The van der Waals surface area contributed by atoms with Gasteiger partial charge < -0.3 is 4.57 Å². The van der Waals surface area contributed by atoms with Crippen molar-refractivity contribution in [2.75, 3.05) is 0 Å². The van der Waals surface area contributed by atoms with Gasteiger partial charge >= 0.3 is 5.00 Å². The zero-order valence-electron chi connectivity index (χ0n) is 10.8. The molecule has 2 aromatic heterocycles. The smallest absolute Gasteiger partial charge is 0.304 e. The first-order chi connectivity index (χ1) is 8.84. The van der Waals surface area contributed by atoms with E-state index in [0.717, 1.165) is 22.0 Å². The summed E-state index contributed by atoms with van der Waals surface area (Å²) in [5.74, 6) is 1.47. The Bertz CT molecular complexity index is 614. The van der Waals surface area contributed by atoms with Gasteiger partial charge in [-0.05, 0) is 26.8 Å². The zero-order chi connectivity index (χ0) is 14.2. The van der Waals surface area contributed by atoms with Crippen molar-refractivity contribution < 1.29 is 4.92 Å². The predicted octanol–water partition coefficient (Wildman–Crippen LogP) is 3.56. The minimum atomic E-state index is -0.392. The van der Waals surface area contributed by atoms with Gasteiger partial charge in [-0.2, -0.15) is 0 Å². The molecule has 0 amide bonds. The van der Waals surface area contributed by atoms with Crippen LogP contribution in [0, 0.1) is 10.1 Å². The van der Waals surface area contributed by atoms with Gasteiger partial charge in [0, 0.05) is 11.6 Å². The van der Waals surface area contributed by atoms with E-state index in [0.29, 0.717) is 11.2 Å². The van der Waals surface area contributed by atoms with Crippen LogP contribution in [-0.2, 0) is 10.9 Å². The summed E-state index contributed by atoms with van der Waals surface area (Å²) in [4.78, 5) is 11.1. The van der Waals surface area contributed by atoms with Crippen LogP contribution in [0.4, 0.5) is 5.00 Å². The highest BCUT2D eigenvalue weighted by molar-refractivity contribution is 9.08. The van der Waals surface area contributed by atoms with E-state index in [1.807, 2.05) is 25.3 Å². The number of halogens is 1. The number of hydrogen-bond donors (Lipinski definition) is 0. The van der Waals surface area contributed by atoms with Crippen LogP contribution < -0.4 is 0 Å². The van der Waals surface area contributed by atoms with Crippen LogP contribution in [0.5, 0.6) is 0 Å². The Balaban J connectivity index is 2.56. The molecule has 2 aromatic rings. The summed E-state index contributed by atoms with van der Waals surface area (Å²) < 4.78 is 2.00. The molecule has 0 radical (unpaired) electrons. The summed E-state index contributed by atoms with van der Waals surface area (Å²) in [6, 6.07) is 3.21. The minimum Gasteiger partial charge on any atom is -0.304 e. The molecule has 0 N–H and O–H groups in total. The molecule has 0 bridgehead atoms. The van der Waals surface area contributed by atoms with E-state index in [9.17, 15) is 10.1 Å². The first-order valence-electron chi connectivity index (χ1n) is 5.60. The quantitative estimate of drug-likeness (QED) is 0.484. The Morgan fingerprint density at radius 3 is 2.58 bits per heavy atom. The molecule has 8 heteroatoms. The van der Waals surface area contributed by atoms with Crippen molar-refractivity contribution in [1.82, 2.24) is 14.8 Å². The highest BCUT2D eigenvalue weighted by Gasteiger charge is 2.25. The van der Waals surface area contributed by atoms with Crippen LogP contribution in [0.25, 0.3) is 10.7 Å². The zero-order valence-corrected chi connectivity index (χ0v) is 13.2. The monoisotopic (exact) mass is 344 g/mol. The van der Waals surface area contributed by atoms with Crippen LogP contribution in [0.1, 0.15) is 26.6 Å². The topological polar surface area (TPSA) is 73.8 Å². The largest absolute Gasteiger partial charge is 0.324 e. The van der Waals surface area contributed by atoms with Crippen LogP contribution in [-0.4, -0.2) is 19.7 Å². The lowest BCUT2D eigenvalue weighted by molar-refractivity contribution is -0.380. The van der Waals surface area contributed by atoms with Crippen molar-refractivity contribution in [3.05, 3.63) is 28.1 Å². The molecule has 0 aliphatic heterocycles. The first-order valence-corrected chi connectivity index (χ1v) is 7.53. The van der Waals surface area contributed by atoms with E-state index in [1.165, 1.54) is 6.07 Å². The second kappa shape index (κ2) is 5.01. The number of alkyl halides is 1. The summed E-state index contributed by atoms with van der Waals surface area (Å²) >= 11 is 4.50. The molecule has 0 fully saturated rings. The van der Waals surface area contributed by atoms with Gasteiger partial charge in [-0.15, -0.1) is 10.2 Å². The van der Waals surface area contributed by atoms with E-state index < -0.39 is 4.92 Å². The van der Waals surface area contributed by atoms with Crippen molar-refractivity contribution in [3.63, 3.8) is 0 Å². The van der Waals surface area contributed by atoms with Gasteiger partial charge in [-0.3, -0.25) is 10.1 Å². The summed E-state index contributed by atoms with van der Waals surface area (Å²) in [5.41, 5.74) is -0.194. The molecule has 0 saturated heterocycles. The van der Waals surface area contributed by atoms with E-state index >= 15 is 0 Å². The van der Waals surface area contributed by atoms with Gasteiger partial charge in [0.1, 0.15) is 5.82 Å². The highest BCUT2D eigenvalue weighted by Crippen LogP contribution is 2.34. The predicted molar refractivity (Wildman–Crippen MR) is 77.6 cm³/mol. The van der Waals surface area contributed by atoms with Crippen molar-refractivity contribution in [2.24, 2.45) is 0 Å². The molecular weight excluding hydrogens is 332 g/mol. The molecular formula is C11H13BrN4O2S. The van der Waals surface area contributed by atoms with E-state index in [2.05, 4.69) is 26.1 Å². The highest BCUT2D eigenvalue weighted by atomic mass is 79.9. The maximum absolute atomic E-state index is 10.8. The van der Waals surface area contributed by atoms with Gasteiger partial charge in [-0.1, -0.05) is 27.3 Å². The molecule has 0 aliphatic carbocycles. The number of aromatic nitrogens is 3. The number of nitro groups is 1. The van der Waals surface area contributed by atoms with Gasteiger partial charge in [0.15, 0.2) is 5.82 Å². The number of thiophene rings is 1. The van der Waals surface area contributed by atoms with Crippen molar-refractivity contribution in [2.45, 2.75) is 31.6 Å². The molecule has 0 aromatic carbocycles. The molecule has 0 unspecified atom stereocenters. The summed E-state index contributed by atoms with van der Waals surface area (Å²) in [5, 5.41) is 19.8. The second-order valence-electron chi connectivity index (χ2n) is 4.97. The third-order valence-electron chi connectivity index (χ3n) is 2.51. The van der Waals surface area contributed by atoms with Crippen molar-refractivity contribution >= 4 is 32.3 Å². The average molecular weight is 345 g/mol. The van der Waals surface area contributed by atoms with Crippen LogP contribution >= 0.6 is 27.3 Å². The van der Waals surface area contributed by atoms with Gasteiger partial charge in [0.25, 0.3) is 0 Å². The molecule has 102 valence electrons. The minimum absolute atomic E-state index is 0.110. The Labute approximate surface area is 122 Å². The molecule has 0 aliphatic rings. The lowest BCUT2D eigenvalue weighted by atomic mass is 10.1. The fraction of sp³-hybridized carbons (Fsp3) is 0.455. The average Bonchev–Trinajstić information content (AvgIpc) is 2.94. The SMILES string of the molecule is CC(C)(C)n1c(CBr)nnc1-c1ccc([N+](=O)[O-])s1. The Kier molecular flexibility index (Phi) is 3.73. The van der Waals surface area contributed by atoms with Crippen LogP contribution in [0.15, 0.2) is 12.1 Å². The van der Waals surface area contributed by atoms with E-state index in [-0.39, 0.29) is 10.5 Å². The summed E-state index contributed by atoms with van der Waals surface area (Å²) in [7, 11) is 0. The molecule has 0 atom stereocenters. The number of nitrogens with zero attached hydrogens (tertiary/aromatic N) is 4. The number of hydrogen-bond acceptors (Lipinski definition) is 5. The Morgan fingerprint density at radius 1 is 1.42 bits per heavy atom. The third-order valence-corrected chi connectivity index (χ3v) is 4.05. The molecule has 6 nitrogen and oxygen atoms in total. The Hall–Kier alpha value is -1.28. The standard InChI is InChI=1S/C11H13BrN4O2S/c1-11(2,3)15-8(6-12)13-14-10(15)7-4-5-9(19-7)16(17)18/h4-5H,6H2,1-3H3. The molecule has 2 rings (SSSR count). The van der Waals surface area contributed by atoms with Gasteiger partial charge in [0.2, 0.25) is 0 Å². The lowest BCUT2D eigenvalue weighted by Gasteiger charge is -2.24. The van der Waals surface area contributed by atoms with Crippen LogP contribution in [0.3, 0.4) is 0 Å². The maximum Gasteiger partial charge on any atom is 0.324 e. The molecule has 19 heavy (non-hydrogen) atoms. The van der Waals surface area contributed by atoms with E-state index in [1.54, 1.807) is 6.07 Å². The lowest BCUT2D eigenvalue weighted by Crippen LogP contribution is -2.24. The molecule has 0 spiro atoms. The normalized spacial score (nSPS) is 11.8. The maximum atomic E-state index is 10.8. The molecule has 0 saturated carbocycles. The van der Waals surface area contributed by atoms with Gasteiger partial charge in [-0.25, -0.2) is 0 Å². The summed E-state index contributed by atoms with van der Waals surface area (Å²) in [6.45, 7) is 6.15.